The van der Waals surface area contributed by atoms with Gasteiger partial charge in [0.25, 0.3) is 0 Å². The molecule has 0 fully saturated rings. The first-order valence-electron chi connectivity index (χ1n) is 8.24. The number of benzene rings is 2. The number of carbonyl (C=O) groups is 1. The van der Waals surface area contributed by atoms with Gasteiger partial charge >= 0.3 is 0 Å². The average molecular weight is 387 g/mol. The van der Waals surface area contributed by atoms with Crippen LogP contribution in [0.25, 0.3) is 5.69 Å². The SMILES string of the molecule is C[C@H](Sc1nnnn1-c1ccc(O)cc1)C(=O)N[C@@H](C)c1ccc(F)cc1. The van der Waals surface area contributed by atoms with E-state index in [-0.39, 0.29) is 23.5 Å². The van der Waals surface area contributed by atoms with Crippen LogP contribution in [0.4, 0.5) is 4.39 Å². The van der Waals surface area contributed by atoms with Crippen molar-refractivity contribution in [1.29, 1.82) is 0 Å². The van der Waals surface area contributed by atoms with Crippen molar-refractivity contribution in [2.75, 3.05) is 0 Å². The van der Waals surface area contributed by atoms with Gasteiger partial charge in [0.1, 0.15) is 11.6 Å². The molecule has 0 spiro atoms. The average Bonchev–Trinajstić information content (AvgIpc) is 3.10. The number of phenolic OH excluding ortho intramolecular Hbond substituents is 1. The van der Waals surface area contributed by atoms with Crippen LogP contribution in [0.3, 0.4) is 0 Å². The minimum Gasteiger partial charge on any atom is -0.508 e. The van der Waals surface area contributed by atoms with Crippen molar-refractivity contribution in [1.82, 2.24) is 25.5 Å². The third-order valence-corrected chi connectivity index (χ3v) is 4.95. The van der Waals surface area contributed by atoms with Crippen LogP contribution >= 0.6 is 11.8 Å². The number of aromatic nitrogens is 4. The summed E-state index contributed by atoms with van der Waals surface area (Å²) in [5.41, 5.74) is 1.49. The molecule has 27 heavy (non-hydrogen) atoms. The van der Waals surface area contributed by atoms with Gasteiger partial charge in [0.05, 0.1) is 17.0 Å². The van der Waals surface area contributed by atoms with Gasteiger partial charge < -0.3 is 10.4 Å². The number of carbonyl (C=O) groups excluding carboxylic acids is 1. The lowest BCUT2D eigenvalue weighted by Crippen LogP contribution is -2.33. The van der Waals surface area contributed by atoms with E-state index in [1.165, 1.54) is 40.7 Å². The first-order chi connectivity index (χ1) is 12.9. The van der Waals surface area contributed by atoms with Gasteiger partial charge in [-0.3, -0.25) is 4.79 Å². The summed E-state index contributed by atoms with van der Waals surface area (Å²) in [5, 5.41) is 23.9. The van der Waals surface area contributed by atoms with Crippen molar-refractivity contribution in [3.8, 4) is 11.4 Å². The number of nitrogens with one attached hydrogen (secondary N) is 1. The lowest BCUT2D eigenvalue weighted by atomic mass is 10.1. The predicted octanol–water partition coefficient (Wildman–Crippen LogP) is 2.87. The topological polar surface area (TPSA) is 92.9 Å². The van der Waals surface area contributed by atoms with Crippen molar-refractivity contribution in [2.24, 2.45) is 0 Å². The lowest BCUT2D eigenvalue weighted by molar-refractivity contribution is -0.120. The van der Waals surface area contributed by atoms with Gasteiger partial charge in [-0.25, -0.2) is 4.39 Å². The Morgan fingerprint density at radius 1 is 1.15 bits per heavy atom. The zero-order valence-corrected chi connectivity index (χ0v) is 15.5. The van der Waals surface area contributed by atoms with Crippen LogP contribution in [0, 0.1) is 5.82 Å². The number of amides is 1. The molecule has 9 heteroatoms. The monoisotopic (exact) mass is 387 g/mol. The van der Waals surface area contributed by atoms with Gasteiger partial charge in [-0.15, -0.1) is 5.10 Å². The van der Waals surface area contributed by atoms with Crippen LogP contribution in [0.1, 0.15) is 25.5 Å². The number of hydrogen-bond acceptors (Lipinski definition) is 6. The summed E-state index contributed by atoms with van der Waals surface area (Å²) in [5.74, 6) is -0.358. The zero-order chi connectivity index (χ0) is 19.4. The summed E-state index contributed by atoms with van der Waals surface area (Å²) in [6.07, 6.45) is 0. The summed E-state index contributed by atoms with van der Waals surface area (Å²) in [6, 6.07) is 12.2. The maximum atomic E-state index is 13.0. The lowest BCUT2D eigenvalue weighted by Gasteiger charge is -2.17. The summed E-state index contributed by atoms with van der Waals surface area (Å²) >= 11 is 1.22. The Morgan fingerprint density at radius 2 is 1.81 bits per heavy atom. The van der Waals surface area contributed by atoms with Crippen LogP contribution in [0.5, 0.6) is 5.75 Å². The number of halogens is 1. The Morgan fingerprint density at radius 3 is 2.48 bits per heavy atom. The Balaban J connectivity index is 1.66. The maximum absolute atomic E-state index is 13.0. The Labute approximate surface area is 159 Å². The number of hydrogen-bond donors (Lipinski definition) is 2. The van der Waals surface area contributed by atoms with E-state index in [1.807, 2.05) is 6.92 Å². The van der Waals surface area contributed by atoms with E-state index in [9.17, 15) is 14.3 Å². The van der Waals surface area contributed by atoms with Crippen molar-refractivity contribution >= 4 is 17.7 Å². The second-order valence-corrected chi connectivity index (χ2v) is 7.24. The normalized spacial score (nSPS) is 13.1. The fourth-order valence-electron chi connectivity index (χ4n) is 2.39. The van der Waals surface area contributed by atoms with Crippen LogP contribution < -0.4 is 5.32 Å². The second kappa shape index (κ2) is 8.17. The molecule has 2 atom stereocenters. The Kier molecular flexibility index (Phi) is 5.70. The molecule has 0 saturated carbocycles. The van der Waals surface area contributed by atoms with E-state index in [0.717, 1.165) is 5.56 Å². The van der Waals surface area contributed by atoms with Crippen LogP contribution in [0.15, 0.2) is 53.7 Å². The standard InChI is InChI=1S/C18H18FN5O2S/c1-11(13-3-5-14(19)6-4-13)20-17(26)12(2)27-18-21-22-23-24(18)15-7-9-16(25)10-8-15/h3-12,25H,1-2H3,(H,20,26)/t11-,12-/m0/s1. The molecule has 1 aromatic heterocycles. The van der Waals surface area contributed by atoms with Crippen LogP contribution in [0.2, 0.25) is 0 Å². The zero-order valence-electron chi connectivity index (χ0n) is 14.7. The number of tetrazole rings is 1. The minimum absolute atomic E-state index is 0.142. The highest BCUT2D eigenvalue weighted by Gasteiger charge is 2.21. The molecule has 1 heterocycles. The van der Waals surface area contributed by atoms with E-state index in [1.54, 1.807) is 31.2 Å². The predicted molar refractivity (Wildman–Crippen MR) is 99.1 cm³/mol. The molecule has 0 aliphatic rings. The Hall–Kier alpha value is -2.94. The fourth-order valence-corrected chi connectivity index (χ4v) is 3.20. The minimum atomic E-state index is -0.449. The molecular weight excluding hydrogens is 369 g/mol. The van der Waals surface area contributed by atoms with Gasteiger partial charge in [-0.05, 0) is 66.2 Å². The summed E-state index contributed by atoms with van der Waals surface area (Å²) in [6.45, 7) is 3.59. The highest BCUT2D eigenvalue weighted by atomic mass is 32.2. The van der Waals surface area contributed by atoms with Gasteiger partial charge in [-0.2, -0.15) is 4.68 Å². The quantitative estimate of drug-likeness (QED) is 0.632. The number of aromatic hydroxyl groups is 1. The van der Waals surface area contributed by atoms with Gasteiger partial charge in [-0.1, -0.05) is 23.9 Å². The number of rotatable bonds is 6. The highest BCUT2D eigenvalue weighted by Crippen LogP contribution is 2.24. The molecule has 0 radical (unpaired) electrons. The maximum Gasteiger partial charge on any atom is 0.233 e. The first kappa shape index (κ1) is 18.8. The third kappa shape index (κ3) is 4.62. The molecule has 7 nitrogen and oxygen atoms in total. The molecule has 0 aliphatic heterocycles. The van der Waals surface area contributed by atoms with E-state index >= 15 is 0 Å². The highest BCUT2D eigenvalue weighted by molar-refractivity contribution is 8.00. The fraction of sp³-hybridized carbons (Fsp3) is 0.222. The molecule has 1 amide bonds. The summed E-state index contributed by atoms with van der Waals surface area (Å²) in [7, 11) is 0. The molecule has 2 N–H and O–H groups in total. The molecule has 0 aliphatic carbocycles. The van der Waals surface area contributed by atoms with E-state index in [0.29, 0.717) is 10.8 Å². The number of phenols is 1. The van der Waals surface area contributed by atoms with Crippen molar-refractivity contribution in [3.63, 3.8) is 0 Å². The number of thioether (sulfide) groups is 1. The van der Waals surface area contributed by atoms with Crippen molar-refractivity contribution < 1.29 is 14.3 Å². The van der Waals surface area contributed by atoms with Crippen LogP contribution in [-0.2, 0) is 4.79 Å². The summed E-state index contributed by atoms with van der Waals surface area (Å²) < 4.78 is 14.5. The van der Waals surface area contributed by atoms with E-state index < -0.39 is 5.25 Å². The molecule has 2 aromatic carbocycles. The van der Waals surface area contributed by atoms with Gasteiger partial charge in [0.2, 0.25) is 11.1 Å². The van der Waals surface area contributed by atoms with Gasteiger partial charge in [0.15, 0.2) is 0 Å². The second-order valence-electron chi connectivity index (χ2n) is 5.93. The van der Waals surface area contributed by atoms with Gasteiger partial charge in [0, 0.05) is 0 Å². The Bertz CT molecular complexity index is 914. The van der Waals surface area contributed by atoms with Crippen molar-refractivity contribution in [3.05, 3.63) is 59.9 Å². The van der Waals surface area contributed by atoms with E-state index in [4.69, 9.17) is 0 Å². The molecule has 0 bridgehead atoms. The molecule has 0 unspecified atom stereocenters. The largest absolute Gasteiger partial charge is 0.508 e. The summed E-state index contributed by atoms with van der Waals surface area (Å²) in [4.78, 5) is 12.5. The smallest absolute Gasteiger partial charge is 0.233 e. The molecular formula is C18H18FN5O2S. The third-order valence-electron chi connectivity index (χ3n) is 3.92. The first-order valence-corrected chi connectivity index (χ1v) is 9.12. The van der Waals surface area contributed by atoms with E-state index in [2.05, 4.69) is 20.8 Å². The van der Waals surface area contributed by atoms with Crippen molar-refractivity contribution in [2.45, 2.75) is 30.3 Å². The molecule has 140 valence electrons. The number of nitrogens with zero attached hydrogens (tertiary/aromatic N) is 4. The molecule has 3 aromatic rings. The van der Waals surface area contributed by atoms with Crippen LogP contribution in [-0.4, -0.2) is 36.5 Å². The molecule has 3 rings (SSSR count). The molecule has 0 saturated heterocycles.